The molecule has 4 N–H and O–H groups in total. The van der Waals surface area contributed by atoms with Crippen LogP contribution in [0.5, 0.6) is 11.5 Å². The fourth-order valence-electron chi connectivity index (χ4n) is 1.46. The van der Waals surface area contributed by atoms with Crippen LogP contribution in [0.3, 0.4) is 0 Å². The summed E-state index contributed by atoms with van der Waals surface area (Å²) in [6.45, 7) is 0. The zero-order valence-corrected chi connectivity index (χ0v) is 12.0. The van der Waals surface area contributed by atoms with Gasteiger partial charge in [-0.2, -0.15) is 0 Å². The Hall–Kier alpha value is -1.87. The van der Waals surface area contributed by atoms with Crippen LogP contribution < -0.4 is 10.6 Å². The first kappa shape index (κ1) is 14.5. The Morgan fingerprint density at radius 3 is 2.60 bits per heavy atom. The summed E-state index contributed by atoms with van der Waals surface area (Å²) < 4.78 is 22.6. The van der Waals surface area contributed by atoms with Crippen molar-refractivity contribution in [2.45, 2.75) is 5.50 Å². The van der Waals surface area contributed by atoms with Crippen LogP contribution in [0, 0.1) is 0 Å². The van der Waals surface area contributed by atoms with Crippen molar-refractivity contribution in [1.82, 2.24) is 10.6 Å². The zero-order chi connectivity index (χ0) is 14.9. The van der Waals surface area contributed by atoms with Gasteiger partial charge >= 0.3 is 0 Å². The Bertz CT molecular complexity index is 684. The summed E-state index contributed by atoms with van der Waals surface area (Å²) in [5.74, 6) is -1.23. The molecule has 0 radical (unpaired) electrons. The molecule has 0 saturated heterocycles. The summed E-state index contributed by atoms with van der Waals surface area (Å²) in [6, 6.07) is 3.66. The second-order valence-corrected chi connectivity index (χ2v) is 7.06. The van der Waals surface area contributed by atoms with Crippen molar-refractivity contribution in [3.8, 4) is 11.5 Å². The summed E-state index contributed by atoms with van der Waals surface area (Å²) in [5.41, 5.74) is -0.460. The Labute approximate surface area is 119 Å². The van der Waals surface area contributed by atoms with E-state index in [1.807, 2.05) is 0 Å². The second kappa shape index (κ2) is 5.25. The first-order valence-corrected chi connectivity index (χ1v) is 8.26. The number of benzene rings is 1. The molecule has 1 aliphatic heterocycles. The molecular formula is C11H12N2O5S2. The molecule has 1 atom stereocenters. The standard InChI is InChI=1S/C11H12N2O5S2/c1-20(17,18)9-5-19-11(12-9)13-10(16)6-2-3-7(14)8(15)4-6/h2-5,11-12,14-15H,1H3,(H,13,16). The lowest BCUT2D eigenvalue weighted by molar-refractivity contribution is 0.0947. The van der Waals surface area contributed by atoms with Gasteiger partial charge in [-0.15, -0.1) is 0 Å². The molecule has 108 valence electrons. The van der Waals surface area contributed by atoms with Crippen molar-refractivity contribution in [2.75, 3.05) is 6.26 Å². The van der Waals surface area contributed by atoms with E-state index in [2.05, 4.69) is 10.6 Å². The van der Waals surface area contributed by atoms with E-state index < -0.39 is 27.0 Å². The molecule has 2 rings (SSSR count). The van der Waals surface area contributed by atoms with Crippen LogP contribution in [0.1, 0.15) is 10.4 Å². The lowest BCUT2D eigenvalue weighted by Crippen LogP contribution is -2.40. The van der Waals surface area contributed by atoms with Crippen molar-refractivity contribution in [3.63, 3.8) is 0 Å². The van der Waals surface area contributed by atoms with E-state index in [1.165, 1.54) is 17.5 Å². The van der Waals surface area contributed by atoms with Crippen molar-refractivity contribution < 1.29 is 23.4 Å². The fraction of sp³-hybridized carbons (Fsp3) is 0.182. The van der Waals surface area contributed by atoms with E-state index in [0.717, 1.165) is 24.1 Å². The molecule has 0 spiro atoms. The Balaban J connectivity index is 2.02. The number of amides is 1. The third kappa shape index (κ3) is 3.17. The Morgan fingerprint density at radius 2 is 2.05 bits per heavy atom. The number of phenolic OH excluding ortho intramolecular Hbond substituents is 2. The highest BCUT2D eigenvalue weighted by atomic mass is 32.2. The number of carbonyl (C=O) groups excluding carboxylic acids is 1. The molecule has 0 aliphatic carbocycles. The fourth-order valence-corrected chi connectivity index (χ4v) is 3.43. The molecule has 1 amide bonds. The van der Waals surface area contributed by atoms with Gasteiger partial charge in [0, 0.05) is 17.2 Å². The molecule has 1 heterocycles. The Kier molecular flexibility index (Phi) is 3.82. The van der Waals surface area contributed by atoms with E-state index in [9.17, 15) is 18.3 Å². The molecule has 1 aromatic rings. The molecule has 0 aromatic heterocycles. The van der Waals surface area contributed by atoms with Gasteiger partial charge in [-0.3, -0.25) is 4.79 Å². The summed E-state index contributed by atoms with van der Waals surface area (Å²) in [7, 11) is -3.34. The van der Waals surface area contributed by atoms with Crippen LogP contribution in [-0.2, 0) is 9.84 Å². The quantitative estimate of drug-likeness (QED) is 0.592. The van der Waals surface area contributed by atoms with Gasteiger partial charge in [0.25, 0.3) is 5.91 Å². The van der Waals surface area contributed by atoms with Gasteiger partial charge in [0.05, 0.1) is 0 Å². The number of rotatable bonds is 3. The van der Waals surface area contributed by atoms with Gasteiger partial charge in [0.15, 0.2) is 26.8 Å². The third-order valence-electron chi connectivity index (χ3n) is 2.48. The average molecular weight is 316 g/mol. The van der Waals surface area contributed by atoms with Gasteiger partial charge < -0.3 is 20.8 Å². The minimum atomic E-state index is -3.34. The molecule has 0 fully saturated rings. The molecule has 1 unspecified atom stereocenters. The lowest BCUT2D eigenvalue weighted by atomic mass is 10.2. The minimum Gasteiger partial charge on any atom is -0.504 e. The molecule has 9 heteroatoms. The van der Waals surface area contributed by atoms with Crippen LogP contribution in [0.2, 0.25) is 0 Å². The normalized spacial score (nSPS) is 18.2. The third-order valence-corrected chi connectivity index (χ3v) is 4.55. The first-order chi connectivity index (χ1) is 9.27. The summed E-state index contributed by atoms with van der Waals surface area (Å²) in [6.07, 6.45) is 1.06. The molecule has 1 aliphatic rings. The van der Waals surface area contributed by atoms with Gasteiger partial charge in [-0.25, -0.2) is 8.42 Å². The summed E-state index contributed by atoms with van der Waals surface area (Å²) in [5, 5.41) is 25.1. The van der Waals surface area contributed by atoms with Crippen LogP contribution in [-0.4, -0.2) is 36.3 Å². The number of thioether (sulfide) groups is 1. The van der Waals surface area contributed by atoms with Crippen LogP contribution in [0.15, 0.2) is 28.6 Å². The van der Waals surface area contributed by atoms with Crippen LogP contribution in [0.4, 0.5) is 0 Å². The molecule has 1 aromatic carbocycles. The second-order valence-electron chi connectivity index (χ2n) is 4.09. The zero-order valence-electron chi connectivity index (χ0n) is 10.3. The van der Waals surface area contributed by atoms with Gasteiger partial charge in [0.2, 0.25) is 0 Å². The maximum absolute atomic E-state index is 11.9. The average Bonchev–Trinajstić information content (AvgIpc) is 2.81. The van der Waals surface area contributed by atoms with Crippen molar-refractivity contribution in [3.05, 3.63) is 34.2 Å². The highest BCUT2D eigenvalue weighted by Crippen LogP contribution is 2.26. The van der Waals surface area contributed by atoms with E-state index in [0.29, 0.717) is 0 Å². The highest BCUT2D eigenvalue weighted by Gasteiger charge is 2.24. The molecule has 0 saturated carbocycles. The first-order valence-electron chi connectivity index (χ1n) is 5.42. The molecular weight excluding hydrogens is 304 g/mol. The molecule has 20 heavy (non-hydrogen) atoms. The number of hydrogen-bond donors (Lipinski definition) is 4. The minimum absolute atomic E-state index is 0.0429. The maximum Gasteiger partial charge on any atom is 0.253 e. The van der Waals surface area contributed by atoms with Gasteiger partial charge in [-0.1, -0.05) is 11.8 Å². The molecule has 7 nitrogen and oxygen atoms in total. The van der Waals surface area contributed by atoms with Crippen molar-refractivity contribution in [1.29, 1.82) is 0 Å². The number of sulfone groups is 1. The summed E-state index contributed by atoms with van der Waals surface area (Å²) in [4.78, 5) is 11.9. The van der Waals surface area contributed by atoms with Crippen LogP contribution in [0.25, 0.3) is 0 Å². The van der Waals surface area contributed by atoms with Gasteiger partial charge in [0.1, 0.15) is 5.03 Å². The number of carbonyl (C=O) groups is 1. The van der Waals surface area contributed by atoms with E-state index in [1.54, 1.807) is 0 Å². The maximum atomic E-state index is 11.9. The topological polar surface area (TPSA) is 116 Å². The lowest BCUT2D eigenvalue weighted by Gasteiger charge is -2.14. The monoisotopic (exact) mass is 316 g/mol. The van der Waals surface area contributed by atoms with Gasteiger partial charge in [-0.05, 0) is 18.2 Å². The number of nitrogens with one attached hydrogen (secondary N) is 2. The SMILES string of the molecule is CS(=O)(=O)C1=CSC(NC(=O)c2ccc(O)c(O)c2)N1. The number of phenols is 2. The highest BCUT2D eigenvalue weighted by molar-refractivity contribution is 8.04. The van der Waals surface area contributed by atoms with E-state index in [-0.39, 0.29) is 16.3 Å². The Morgan fingerprint density at radius 1 is 1.35 bits per heavy atom. The number of hydrogen-bond acceptors (Lipinski definition) is 7. The molecule has 0 bridgehead atoms. The smallest absolute Gasteiger partial charge is 0.253 e. The van der Waals surface area contributed by atoms with E-state index >= 15 is 0 Å². The van der Waals surface area contributed by atoms with Crippen molar-refractivity contribution >= 4 is 27.5 Å². The summed E-state index contributed by atoms with van der Waals surface area (Å²) >= 11 is 1.11. The predicted molar refractivity (Wildman–Crippen MR) is 74.7 cm³/mol. The van der Waals surface area contributed by atoms with E-state index in [4.69, 9.17) is 5.11 Å². The van der Waals surface area contributed by atoms with Crippen molar-refractivity contribution in [2.24, 2.45) is 0 Å². The predicted octanol–water partition coefficient (Wildman–Crippen LogP) is 0.291. The number of aromatic hydroxyl groups is 2. The van der Waals surface area contributed by atoms with Crippen LogP contribution >= 0.6 is 11.8 Å². The largest absolute Gasteiger partial charge is 0.504 e.